The molecule has 28 heavy (non-hydrogen) atoms. The number of ether oxygens (including phenoxy) is 1. The molecule has 2 aliphatic rings. The molecule has 0 radical (unpaired) electrons. The lowest BCUT2D eigenvalue weighted by Gasteiger charge is -2.44. The van der Waals surface area contributed by atoms with Crippen LogP contribution < -0.4 is 0 Å². The number of ketones is 1. The standard InChI is InChI=1S/C24H46O3Si/c1-9-28(10-2,11-3)27-23(6,7)18(4)17-26-19(5)20-14-15-21-22(25)13-12-16-24(20,21)8/h18-21H,9-17H2,1-8H3/t18-,19+,20?,21?,24?/m0/s1. The van der Waals surface area contributed by atoms with Crippen LogP contribution in [-0.4, -0.2) is 32.4 Å². The molecule has 2 saturated carbocycles. The molecule has 0 aliphatic heterocycles. The maximum absolute atomic E-state index is 12.4. The number of hydrogen-bond acceptors (Lipinski definition) is 3. The Morgan fingerprint density at radius 2 is 1.75 bits per heavy atom. The van der Waals surface area contributed by atoms with Gasteiger partial charge in [0.15, 0.2) is 8.32 Å². The summed E-state index contributed by atoms with van der Waals surface area (Å²) in [5.74, 6) is 1.64. The lowest BCUT2D eigenvalue weighted by atomic mass is 9.64. The van der Waals surface area contributed by atoms with Crippen LogP contribution in [0.25, 0.3) is 0 Å². The molecule has 0 N–H and O–H groups in total. The van der Waals surface area contributed by atoms with E-state index >= 15 is 0 Å². The van der Waals surface area contributed by atoms with Crippen LogP contribution in [0.5, 0.6) is 0 Å². The highest BCUT2D eigenvalue weighted by atomic mass is 28.4. The lowest BCUT2D eigenvalue weighted by Crippen LogP contribution is -2.48. The van der Waals surface area contributed by atoms with Crippen LogP contribution in [0.2, 0.25) is 18.1 Å². The molecule has 4 heteroatoms. The third-order valence-corrected chi connectivity index (χ3v) is 13.5. The second kappa shape index (κ2) is 9.30. The first-order chi connectivity index (χ1) is 13.0. The minimum Gasteiger partial charge on any atom is -0.412 e. The highest BCUT2D eigenvalue weighted by molar-refractivity contribution is 6.73. The van der Waals surface area contributed by atoms with Crippen LogP contribution in [-0.2, 0) is 14.0 Å². The number of rotatable bonds is 10. The van der Waals surface area contributed by atoms with E-state index in [2.05, 4.69) is 55.4 Å². The van der Waals surface area contributed by atoms with Crippen LogP contribution in [0.15, 0.2) is 0 Å². The maximum atomic E-state index is 12.4. The molecule has 3 nitrogen and oxygen atoms in total. The average Bonchev–Trinajstić information content (AvgIpc) is 3.02. The first kappa shape index (κ1) is 24.1. The fourth-order valence-electron chi connectivity index (χ4n) is 5.98. The molecule has 0 bridgehead atoms. The summed E-state index contributed by atoms with van der Waals surface area (Å²) in [6.07, 6.45) is 5.45. The Bertz CT molecular complexity index is 520. The van der Waals surface area contributed by atoms with Crippen LogP contribution in [0.1, 0.15) is 87.5 Å². The van der Waals surface area contributed by atoms with Gasteiger partial charge in [-0.05, 0) is 75.9 Å². The number of hydrogen-bond donors (Lipinski definition) is 0. The molecule has 2 rings (SSSR count). The Morgan fingerprint density at radius 3 is 2.32 bits per heavy atom. The quantitative estimate of drug-likeness (QED) is 0.380. The van der Waals surface area contributed by atoms with Gasteiger partial charge in [0.1, 0.15) is 5.78 Å². The van der Waals surface area contributed by atoms with E-state index in [1.165, 1.54) is 24.6 Å². The smallest absolute Gasteiger partial charge is 0.192 e. The van der Waals surface area contributed by atoms with Gasteiger partial charge in [0, 0.05) is 18.3 Å². The molecule has 0 heterocycles. The molecule has 0 amide bonds. The summed E-state index contributed by atoms with van der Waals surface area (Å²) in [6, 6.07) is 3.55. The van der Waals surface area contributed by atoms with Crippen LogP contribution >= 0.6 is 0 Å². The van der Waals surface area contributed by atoms with Gasteiger partial charge in [0.2, 0.25) is 0 Å². The van der Waals surface area contributed by atoms with E-state index in [4.69, 9.17) is 9.16 Å². The van der Waals surface area contributed by atoms with Gasteiger partial charge >= 0.3 is 0 Å². The first-order valence-electron chi connectivity index (χ1n) is 11.9. The molecular formula is C24H46O3Si. The third-order valence-electron chi connectivity index (χ3n) is 8.71. The van der Waals surface area contributed by atoms with Crippen molar-refractivity contribution in [2.45, 2.75) is 117 Å². The molecule has 0 spiro atoms. The molecule has 164 valence electrons. The van der Waals surface area contributed by atoms with Gasteiger partial charge in [0.05, 0.1) is 18.3 Å². The Kier molecular flexibility index (Phi) is 8.00. The highest BCUT2D eigenvalue weighted by Gasteiger charge is 2.52. The van der Waals surface area contributed by atoms with Crippen molar-refractivity contribution >= 4 is 14.1 Å². The second-order valence-corrected chi connectivity index (χ2v) is 15.1. The second-order valence-electron chi connectivity index (χ2n) is 10.5. The zero-order valence-electron chi connectivity index (χ0n) is 19.9. The predicted molar refractivity (Wildman–Crippen MR) is 120 cm³/mol. The molecule has 5 atom stereocenters. The van der Waals surface area contributed by atoms with Gasteiger partial charge in [-0.1, -0.05) is 34.6 Å². The van der Waals surface area contributed by atoms with Gasteiger partial charge in [-0.15, -0.1) is 0 Å². The molecule has 0 aromatic rings. The summed E-state index contributed by atoms with van der Waals surface area (Å²) in [4.78, 5) is 12.4. The van der Waals surface area contributed by atoms with Gasteiger partial charge in [-0.25, -0.2) is 0 Å². The predicted octanol–water partition coefficient (Wildman–Crippen LogP) is 6.61. The molecule has 3 unspecified atom stereocenters. The Balaban J connectivity index is 1.96. The van der Waals surface area contributed by atoms with Crippen molar-refractivity contribution in [2.24, 2.45) is 23.2 Å². The number of carbonyl (C=O) groups is 1. The Morgan fingerprint density at radius 1 is 1.14 bits per heavy atom. The fourth-order valence-corrected chi connectivity index (χ4v) is 9.23. The Labute approximate surface area is 175 Å². The summed E-state index contributed by atoms with van der Waals surface area (Å²) in [7, 11) is -1.63. The average molecular weight is 411 g/mol. The lowest BCUT2D eigenvalue weighted by molar-refractivity contribution is -0.131. The van der Waals surface area contributed by atoms with Crippen molar-refractivity contribution in [1.29, 1.82) is 0 Å². The van der Waals surface area contributed by atoms with Crippen molar-refractivity contribution in [3.8, 4) is 0 Å². The largest absolute Gasteiger partial charge is 0.412 e. The summed E-state index contributed by atoms with van der Waals surface area (Å²) >= 11 is 0. The van der Waals surface area contributed by atoms with Gasteiger partial charge in [-0.2, -0.15) is 0 Å². The number of Topliss-reactive ketones (excluding diaryl/α,β-unsaturated/α-hetero) is 1. The van der Waals surface area contributed by atoms with Crippen LogP contribution in [0.4, 0.5) is 0 Å². The minimum absolute atomic E-state index is 0.151. The molecule has 0 aromatic carbocycles. The van der Waals surface area contributed by atoms with Gasteiger partial charge < -0.3 is 9.16 Å². The zero-order chi connectivity index (χ0) is 21.2. The van der Waals surface area contributed by atoms with E-state index < -0.39 is 8.32 Å². The van der Waals surface area contributed by atoms with E-state index in [9.17, 15) is 4.79 Å². The topological polar surface area (TPSA) is 35.5 Å². The summed E-state index contributed by atoms with van der Waals surface area (Å²) in [6.45, 7) is 19.0. The molecule has 2 aliphatic carbocycles. The summed E-state index contributed by atoms with van der Waals surface area (Å²) in [5.41, 5.74) is -0.00437. The van der Waals surface area contributed by atoms with E-state index in [0.29, 0.717) is 17.6 Å². The summed E-state index contributed by atoms with van der Waals surface area (Å²) < 4.78 is 13.3. The van der Waals surface area contributed by atoms with E-state index in [1.54, 1.807) is 0 Å². The Hall–Kier alpha value is -0.193. The van der Waals surface area contributed by atoms with E-state index in [-0.39, 0.29) is 23.0 Å². The first-order valence-corrected chi connectivity index (χ1v) is 14.4. The van der Waals surface area contributed by atoms with Crippen molar-refractivity contribution in [2.75, 3.05) is 6.61 Å². The van der Waals surface area contributed by atoms with Crippen molar-refractivity contribution in [3.63, 3.8) is 0 Å². The number of fused-ring (bicyclic) bond motifs is 1. The highest BCUT2D eigenvalue weighted by Crippen LogP contribution is 2.55. The van der Waals surface area contributed by atoms with Crippen LogP contribution in [0.3, 0.4) is 0 Å². The van der Waals surface area contributed by atoms with Crippen molar-refractivity contribution < 1.29 is 14.0 Å². The molecule has 0 aromatic heterocycles. The normalized spacial score (nSPS) is 30.9. The molecule has 2 fully saturated rings. The molecular weight excluding hydrogens is 364 g/mol. The zero-order valence-corrected chi connectivity index (χ0v) is 20.9. The van der Waals surface area contributed by atoms with Gasteiger partial charge in [-0.3, -0.25) is 4.79 Å². The number of carbonyl (C=O) groups excluding carboxylic acids is 1. The van der Waals surface area contributed by atoms with E-state index in [0.717, 1.165) is 32.3 Å². The monoisotopic (exact) mass is 410 g/mol. The van der Waals surface area contributed by atoms with Gasteiger partial charge in [0.25, 0.3) is 0 Å². The summed E-state index contributed by atoms with van der Waals surface area (Å²) in [5, 5.41) is 0. The minimum atomic E-state index is -1.63. The van der Waals surface area contributed by atoms with E-state index in [1.807, 2.05) is 0 Å². The fraction of sp³-hybridized carbons (Fsp3) is 0.958. The SMILES string of the molecule is CC[Si](CC)(CC)OC(C)(C)[C@@H](C)CO[C@H](C)C1CCC2C(=O)CCCC21C. The van der Waals surface area contributed by atoms with Crippen molar-refractivity contribution in [3.05, 3.63) is 0 Å². The van der Waals surface area contributed by atoms with Crippen LogP contribution in [0, 0.1) is 23.2 Å². The van der Waals surface area contributed by atoms with Crippen molar-refractivity contribution in [1.82, 2.24) is 0 Å². The third kappa shape index (κ3) is 4.75. The maximum Gasteiger partial charge on any atom is 0.192 e. The molecule has 0 saturated heterocycles.